The van der Waals surface area contributed by atoms with Crippen molar-refractivity contribution < 1.29 is 32.1 Å². The van der Waals surface area contributed by atoms with Crippen LogP contribution in [0.3, 0.4) is 0 Å². The van der Waals surface area contributed by atoms with Crippen LogP contribution in [0.15, 0.2) is 71.1 Å². The molecule has 1 aliphatic heterocycles. The van der Waals surface area contributed by atoms with Gasteiger partial charge in [0.25, 0.3) is 11.8 Å². The Morgan fingerprint density at radius 2 is 1.61 bits per heavy atom. The molecule has 4 amide bonds. The van der Waals surface area contributed by atoms with Crippen LogP contribution in [0, 0.1) is 6.92 Å². The van der Waals surface area contributed by atoms with E-state index in [0.29, 0.717) is 4.90 Å². The lowest BCUT2D eigenvalue weighted by Gasteiger charge is -2.26. The minimum absolute atomic E-state index is 0.0714. The summed E-state index contributed by atoms with van der Waals surface area (Å²) < 4.78 is 31.0. The van der Waals surface area contributed by atoms with Gasteiger partial charge in [0.1, 0.15) is 16.2 Å². The first-order valence-electron chi connectivity index (χ1n) is 10.2. The van der Waals surface area contributed by atoms with Crippen molar-refractivity contribution in [2.75, 3.05) is 4.90 Å². The molecular formula is C24H16Cl2N2O7S. The van der Waals surface area contributed by atoms with Crippen molar-refractivity contribution in [1.82, 2.24) is 5.32 Å². The normalized spacial score (nSPS) is 15.2. The Morgan fingerprint density at radius 3 is 2.25 bits per heavy atom. The fourth-order valence-corrected chi connectivity index (χ4v) is 4.85. The number of amides is 4. The largest absolute Gasteiger partial charge is 0.508 e. The summed E-state index contributed by atoms with van der Waals surface area (Å²) in [4.78, 5) is 38.6. The van der Waals surface area contributed by atoms with Gasteiger partial charge in [0.15, 0.2) is 5.75 Å². The third kappa shape index (κ3) is 5.06. The zero-order chi connectivity index (χ0) is 26.2. The number of barbiturate groups is 1. The van der Waals surface area contributed by atoms with Crippen molar-refractivity contribution in [2.45, 2.75) is 11.8 Å². The maximum Gasteiger partial charge on any atom is 0.339 e. The van der Waals surface area contributed by atoms with Crippen molar-refractivity contribution in [2.24, 2.45) is 0 Å². The summed E-state index contributed by atoms with van der Waals surface area (Å²) in [6, 6.07) is 12.5. The Morgan fingerprint density at radius 1 is 0.972 bits per heavy atom. The minimum Gasteiger partial charge on any atom is -0.508 e. The lowest BCUT2D eigenvalue weighted by Crippen LogP contribution is -2.54. The van der Waals surface area contributed by atoms with Gasteiger partial charge in [0, 0.05) is 10.6 Å². The van der Waals surface area contributed by atoms with E-state index in [1.807, 2.05) is 5.32 Å². The summed E-state index contributed by atoms with van der Waals surface area (Å²) in [6.45, 7) is 1.79. The van der Waals surface area contributed by atoms with Gasteiger partial charge in [-0.15, -0.1) is 0 Å². The molecule has 36 heavy (non-hydrogen) atoms. The van der Waals surface area contributed by atoms with Crippen LogP contribution >= 0.6 is 23.2 Å². The molecule has 3 aromatic carbocycles. The number of aromatic hydroxyl groups is 1. The number of anilines is 1. The molecule has 4 rings (SSSR count). The van der Waals surface area contributed by atoms with E-state index in [9.17, 15) is 27.9 Å². The van der Waals surface area contributed by atoms with E-state index < -0.39 is 33.5 Å². The van der Waals surface area contributed by atoms with E-state index in [2.05, 4.69) is 0 Å². The topological polar surface area (TPSA) is 130 Å². The molecule has 3 aromatic rings. The standard InChI is InChI=1S/C24H16Cl2N2O7S/c1-13-2-8-18(9-3-13)36(33,34)35-21-14(10-15(25)12-20(21)26)11-19-22(30)27-24(32)28(23(19)31)16-4-6-17(29)7-5-16/h2-12,29H,1H3,(H,27,30,32)/b19-11+. The fourth-order valence-electron chi connectivity index (χ4n) is 3.29. The highest BCUT2D eigenvalue weighted by atomic mass is 35.5. The second kappa shape index (κ2) is 9.65. The number of rotatable bonds is 5. The smallest absolute Gasteiger partial charge is 0.339 e. The number of nitrogens with zero attached hydrogens (tertiary/aromatic N) is 1. The number of phenols is 1. The Labute approximate surface area is 215 Å². The van der Waals surface area contributed by atoms with Gasteiger partial charge in [0.2, 0.25) is 0 Å². The Balaban J connectivity index is 1.78. The molecule has 1 saturated heterocycles. The first-order chi connectivity index (χ1) is 17.0. The molecule has 0 aromatic heterocycles. The summed E-state index contributed by atoms with van der Waals surface area (Å²) >= 11 is 12.3. The number of aryl methyl sites for hydroxylation is 1. The van der Waals surface area contributed by atoms with Gasteiger partial charge in [-0.2, -0.15) is 8.42 Å². The van der Waals surface area contributed by atoms with E-state index in [1.54, 1.807) is 19.1 Å². The maximum absolute atomic E-state index is 13.1. The quantitative estimate of drug-likeness (QED) is 0.274. The zero-order valence-electron chi connectivity index (χ0n) is 18.4. The number of halogens is 2. The molecule has 0 unspecified atom stereocenters. The van der Waals surface area contributed by atoms with E-state index in [-0.39, 0.29) is 37.7 Å². The lowest BCUT2D eigenvalue weighted by atomic mass is 10.1. The summed E-state index contributed by atoms with van der Waals surface area (Å²) in [7, 11) is -4.35. The molecule has 0 saturated carbocycles. The van der Waals surface area contributed by atoms with Crippen molar-refractivity contribution in [3.63, 3.8) is 0 Å². The van der Waals surface area contributed by atoms with Crippen LogP contribution in [0.25, 0.3) is 6.08 Å². The molecular weight excluding hydrogens is 531 g/mol. The summed E-state index contributed by atoms with van der Waals surface area (Å²) in [5, 5.41) is 11.4. The van der Waals surface area contributed by atoms with Gasteiger partial charge in [0.05, 0.1) is 10.7 Å². The Kier molecular flexibility index (Phi) is 6.77. The molecule has 12 heteroatoms. The number of hydrogen-bond acceptors (Lipinski definition) is 7. The molecule has 0 bridgehead atoms. The first kappa shape index (κ1) is 25.2. The molecule has 1 aliphatic rings. The average Bonchev–Trinajstić information content (AvgIpc) is 2.80. The number of nitrogens with one attached hydrogen (secondary N) is 1. The fraction of sp³-hybridized carbons (Fsp3) is 0.0417. The van der Waals surface area contributed by atoms with Gasteiger partial charge < -0.3 is 9.29 Å². The molecule has 0 aliphatic carbocycles. The number of benzene rings is 3. The molecule has 0 atom stereocenters. The van der Waals surface area contributed by atoms with Gasteiger partial charge in [-0.05, 0) is 61.5 Å². The Bertz CT molecular complexity index is 1530. The summed E-state index contributed by atoms with van der Waals surface area (Å²) in [5.41, 5.74) is 0.301. The summed E-state index contributed by atoms with van der Waals surface area (Å²) in [5.74, 6) is -2.50. The van der Waals surface area contributed by atoms with Gasteiger partial charge >= 0.3 is 16.1 Å². The molecule has 0 radical (unpaired) electrons. The highest BCUT2D eigenvalue weighted by Crippen LogP contribution is 2.36. The third-order valence-electron chi connectivity index (χ3n) is 5.05. The van der Waals surface area contributed by atoms with Crippen LogP contribution in [0.4, 0.5) is 10.5 Å². The molecule has 2 N–H and O–H groups in total. The van der Waals surface area contributed by atoms with Crippen LogP contribution in [-0.2, 0) is 19.7 Å². The van der Waals surface area contributed by atoms with Crippen LogP contribution in [-0.4, -0.2) is 31.4 Å². The molecule has 184 valence electrons. The number of phenolic OH excluding ortho intramolecular Hbond substituents is 1. The second-order valence-electron chi connectivity index (χ2n) is 7.63. The first-order valence-corrected chi connectivity index (χ1v) is 12.3. The lowest BCUT2D eigenvalue weighted by molar-refractivity contribution is -0.122. The predicted molar refractivity (Wildman–Crippen MR) is 133 cm³/mol. The van der Waals surface area contributed by atoms with E-state index in [1.165, 1.54) is 48.5 Å². The third-order valence-corrected chi connectivity index (χ3v) is 6.78. The molecule has 1 heterocycles. The van der Waals surface area contributed by atoms with E-state index in [0.717, 1.165) is 11.6 Å². The van der Waals surface area contributed by atoms with Crippen LogP contribution in [0.5, 0.6) is 11.5 Å². The summed E-state index contributed by atoms with van der Waals surface area (Å²) in [6.07, 6.45) is 1.02. The minimum atomic E-state index is -4.35. The number of hydrogen-bond donors (Lipinski definition) is 2. The van der Waals surface area contributed by atoms with Crippen LogP contribution in [0.1, 0.15) is 11.1 Å². The number of imide groups is 2. The van der Waals surface area contributed by atoms with Crippen molar-refractivity contribution >= 4 is 62.9 Å². The van der Waals surface area contributed by atoms with Crippen molar-refractivity contribution in [1.29, 1.82) is 0 Å². The highest BCUT2D eigenvalue weighted by molar-refractivity contribution is 7.87. The average molecular weight is 547 g/mol. The SMILES string of the molecule is Cc1ccc(S(=O)(=O)Oc2c(Cl)cc(Cl)cc2/C=C2\C(=O)NC(=O)N(c3ccc(O)cc3)C2=O)cc1. The molecule has 1 fully saturated rings. The van der Waals surface area contributed by atoms with Gasteiger partial charge in [-0.25, -0.2) is 9.69 Å². The maximum atomic E-state index is 13.1. The number of carbonyl (C=O) groups is 3. The van der Waals surface area contributed by atoms with Gasteiger partial charge in [-0.1, -0.05) is 40.9 Å². The van der Waals surface area contributed by atoms with Crippen molar-refractivity contribution in [3.05, 3.63) is 87.4 Å². The number of urea groups is 1. The van der Waals surface area contributed by atoms with Gasteiger partial charge in [-0.3, -0.25) is 14.9 Å². The predicted octanol–water partition coefficient (Wildman–Crippen LogP) is 4.44. The van der Waals surface area contributed by atoms with Crippen LogP contribution < -0.4 is 14.4 Å². The van der Waals surface area contributed by atoms with E-state index >= 15 is 0 Å². The van der Waals surface area contributed by atoms with Crippen LogP contribution in [0.2, 0.25) is 10.0 Å². The molecule has 0 spiro atoms. The molecule has 9 nitrogen and oxygen atoms in total. The van der Waals surface area contributed by atoms with E-state index in [4.69, 9.17) is 27.4 Å². The Hall–Kier alpha value is -3.86. The number of carbonyl (C=O) groups excluding carboxylic acids is 3. The monoisotopic (exact) mass is 546 g/mol. The second-order valence-corrected chi connectivity index (χ2v) is 10.0. The highest BCUT2D eigenvalue weighted by Gasteiger charge is 2.37. The van der Waals surface area contributed by atoms with Crippen molar-refractivity contribution in [3.8, 4) is 11.5 Å². The zero-order valence-corrected chi connectivity index (χ0v) is 20.7.